The predicted molar refractivity (Wildman–Crippen MR) is 81.7 cm³/mol. The van der Waals surface area contributed by atoms with E-state index in [0.717, 1.165) is 37.5 Å². The lowest BCUT2D eigenvalue weighted by Crippen LogP contribution is -2.44. The second kappa shape index (κ2) is 7.44. The van der Waals surface area contributed by atoms with Crippen molar-refractivity contribution < 1.29 is 9.90 Å². The molecule has 2 aliphatic rings. The zero-order chi connectivity index (χ0) is 14.5. The SMILES string of the molecule is CC(C)CC1CCCC(NC2CCCC(C(=O)O)C2)C1. The second-order valence-electron chi connectivity index (χ2n) is 7.42. The van der Waals surface area contributed by atoms with Crippen LogP contribution in [0.2, 0.25) is 0 Å². The summed E-state index contributed by atoms with van der Waals surface area (Å²) < 4.78 is 0. The zero-order valence-electron chi connectivity index (χ0n) is 13.1. The number of nitrogens with one attached hydrogen (secondary N) is 1. The van der Waals surface area contributed by atoms with E-state index in [2.05, 4.69) is 19.2 Å². The first-order valence-corrected chi connectivity index (χ1v) is 8.53. The van der Waals surface area contributed by atoms with E-state index in [1.807, 2.05) is 0 Å². The molecule has 0 bridgehead atoms. The lowest BCUT2D eigenvalue weighted by molar-refractivity contribution is -0.143. The van der Waals surface area contributed by atoms with E-state index in [1.165, 1.54) is 32.1 Å². The summed E-state index contributed by atoms with van der Waals surface area (Å²) in [4.78, 5) is 11.1. The van der Waals surface area contributed by atoms with Crippen molar-refractivity contribution in [1.82, 2.24) is 5.32 Å². The minimum absolute atomic E-state index is 0.115. The molecule has 116 valence electrons. The highest BCUT2D eigenvalue weighted by Crippen LogP contribution is 2.31. The van der Waals surface area contributed by atoms with Gasteiger partial charge in [0.1, 0.15) is 0 Å². The smallest absolute Gasteiger partial charge is 0.306 e. The van der Waals surface area contributed by atoms with E-state index in [9.17, 15) is 9.90 Å². The average Bonchev–Trinajstić information content (AvgIpc) is 2.38. The molecule has 4 unspecified atom stereocenters. The van der Waals surface area contributed by atoms with Crippen molar-refractivity contribution >= 4 is 5.97 Å². The predicted octanol–water partition coefficient (Wildman–Crippen LogP) is 3.82. The fourth-order valence-electron chi connectivity index (χ4n) is 4.22. The van der Waals surface area contributed by atoms with Crippen molar-refractivity contribution in [3.05, 3.63) is 0 Å². The molecule has 4 atom stereocenters. The van der Waals surface area contributed by atoms with E-state index in [4.69, 9.17) is 0 Å². The van der Waals surface area contributed by atoms with Gasteiger partial charge in [0.2, 0.25) is 0 Å². The molecule has 0 saturated heterocycles. The summed E-state index contributed by atoms with van der Waals surface area (Å²) in [5.74, 6) is 0.957. The Hall–Kier alpha value is -0.570. The summed E-state index contributed by atoms with van der Waals surface area (Å²) in [6, 6.07) is 1.07. The number of carboxylic acids is 1. The molecule has 2 N–H and O–H groups in total. The van der Waals surface area contributed by atoms with Gasteiger partial charge in [-0.15, -0.1) is 0 Å². The Morgan fingerprint density at radius 1 is 1.10 bits per heavy atom. The molecule has 2 rings (SSSR count). The topological polar surface area (TPSA) is 49.3 Å². The molecule has 0 aliphatic heterocycles. The van der Waals surface area contributed by atoms with Crippen LogP contribution < -0.4 is 5.32 Å². The standard InChI is InChI=1S/C17H31NO2/c1-12(2)9-13-5-3-7-15(10-13)18-16-8-4-6-14(11-16)17(19)20/h12-16,18H,3-11H2,1-2H3,(H,19,20). The molecule has 2 fully saturated rings. The average molecular weight is 281 g/mol. The maximum absolute atomic E-state index is 11.1. The highest BCUT2D eigenvalue weighted by atomic mass is 16.4. The summed E-state index contributed by atoms with van der Waals surface area (Å²) >= 11 is 0. The van der Waals surface area contributed by atoms with E-state index >= 15 is 0 Å². The van der Waals surface area contributed by atoms with Crippen molar-refractivity contribution in [1.29, 1.82) is 0 Å². The van der Waals surface area contributed by atoms with Crippen LogP contribution in [0.5, 0.6) is 0 Å². The Balaban J connectivity index is 1.78. The normalized spacial score (nSPS) is 35.1. The number of carboxylic acid groups (broad SMARTS) is 1. The molecular weight excluding hydrogens is 250 g/mol. The fraction of sp³-hybridized carbons (Fsp3) is 0.941. The molecule has 0 amide bonds. The van der Waals surface area contributed by atoms with Gasteiger partial charge in [-0.25, -0.2) is 0 Å². The Morgan fingerprint density at radius 2 is 1.75 bits per heavy atom. The molecule has 0 aromatic rings. The van der Waals surface area contributed by atoms with Crippen molar-refractivity contribution in [2.45, 2.75) is 83.7 Å². The van der Waals surface area contributed by atoms with Gasteiger partial charge in [-0.05, 0) is 50.4 Å². The number of carbonyl (C=O) groups is 1. The van der Waals surface area contributed by atoms with Crippen LogP contribution in [0.1, 0.15) is 71.6 Å². The van der Waals surface area contributed by atoms with Gasteiger partial charge in [-0.1, -0.05) is 33.1 Å². The first kappa shape index (κ1) is 15.8. The largest absolute Gasteiger partial charge is 0.481 e. The third-order valence-electron chi connectivity index (χ3n) is 5.08. The molecular formula is C17H31NO2. The summed E-state index contributed by atoms with van der Waals surface area (Å²) in [5, 5.41) is 13.0. The number of hydrogen-bond acceptors (Lipinski definition) is 2. The van der Waals surface area contributed by atoms with Gasteiger partial charge >= 0.3 is 5.97 Å². The zero-order valence-corrected chi connectivity index (χ0v) is 13.1. The Bertz CT molecular complexity index is 316. The lowest BCUT2D eigenvalue weighted by Gasteiger charge is -2.36. The molecule has 20 heavy (non-hydrogen) atoms. The molecule has 0 aromatic heterocycles. The van der Waals surface area contributed by atoms with Crippen LogP contribution in [0.3, 0.4) is 0 Å². The van der Waals surface area contributed by atoms with Gasteiger partial charge in [-0.2, -0.15) is 0 Å². The molecule has 3 heteroatoms. The van der Waals surface area contributed by atoms with Crippen LogP contribution in [0, 0.1) is 17.8 Å². The number of hydrogen-bond donors (Lipinski definition) is 2. The molecule has 2 aliphatic carbocycles. The Morgan fingerprint density at radius 3 is 2.40 bits per heavy atom. The molecule has 0 aromatic carbocycles. The third kappa shape index (κ3) is 4.76. The number of aliphatic carboxylic acids is 1. The van der Waals surface area contributed by atoms with Crippen molar-refractivity contribution in [2.75, 3.05) is 0 Å². The quantitative estimate of drug-likeness (QED) is 0.805. The van der Waals surface area contributed by atoms with Gasteiger partial charge in [0, 0.05) is 12.1 Å². The Labute approximate surface area is 123 Å². The van der Waals surface area contributed by atoms with Crippen LogP contribution in [-0.4, -0.2) is 23.2 Å². The van der Waals surface area contributed by atoms with Crippen LogP contribution in [0.15, 0.2) is 0 Å². The van der Waals surface area contributed by atoms with Crippen LogP contribution >= 0.6 is 0 Å². The van der Waals surface area contributed by atoms with Crippen LogP contribution in [-0.2, 0) is 4.79 Å². The Kier molecular flexibility index (Phi) is 5.88. The van der Waals surface area contributed by atoms with Crippen LogP contribution in [0.4, 0.5) is 0 Å². The highest BCUT2D eigenvalue weighted by Gasteiger charge is 2.30. The first-order valence-electron chi connectivity index (χ1n) is 8.53. The van der Waals surface area contributed by atoms with E-state index in [0.29, 0.717) is 12.1 Å². The minimum Gasteiger partial charge on any atom is -0.481 e. The summed E-state index contributed by atoms with van der Waals surface area (Å²) in [7, 11) is 0. The van der Waals surface area contributed by atoms with Crippen molar-refractivity contribution in [2.24, 2.45) is 17.8 Å². The maximum atomic E-state index is 11.1. The van der Waals surface area contributed by atoms with Gasteiger partial charge in [0.15, 0.2) is 0 Å². The highest BCUT2D eigenvalue weighted by molar-refractivity contribution is 5.70. The molecule has 0 heterocycles. The van der Waals surface area contributed by atoms with Gasteiger partial charge in [0.25, 0.3) is 0 Å². The van der Waals surface area contributed by atoms with E-state index in [-0.39, 0.29) is 5.92 Å². The van der Waals surface area contributed by atoms with Gasteiger partial charge < -0.3 is 10.4 Å². The molecule has 3 nitrogen and oxygen atoms in total. The van der Waals surface area contributed by atoms with Crippen molar-refractivity contribution in [3.8, 4) is 0 Å². The summed E-state index contributed by atoms with van der Waals surface area (Å²) in [5.41, 5.74) is 0. The van der Waals surface area contributed by atoms with Gasteiger partial charge in [-0.3, -0.25) is 4.79 Å². The minimum atomic E-state index is -0.599. The van der Waals surface area contributed by atoms with Crippen LogP contribution in [0.25, 0.3) is 0 Å². The van der Waals surface area contributed by atoms with Gasteiger partial charge in [0.05, 0.1) is 5.92 Å². The molecule has 0 radical (unpaired) electrons. The summed E-state index contributed by atoms with van der Waals surface area (Å²) in [6.07, 6.45) is 10.6. The second-order valence-corrected chi connectivity index (χ2v) is 7.42. The molecule has 0 spiro atoms. The number of rotatable bonds is 5. The van der Waals surface area contributed by atoms with E-state index in [1.54, 1.807) is 0 Å². The third-order valence-corrected chi connectivity index (χ3v) is 5.08. The monoisotopic (exact) mass is 281 g/mol. The fourth-order valence-corrected chi connectivity index (χ4v) is 4.22. The first-order chi connectivity index (χ1) is 9.54. The molecule has 2 saturated carbocycles. The van der Waals surface area contributed by atoms with Crippen molar-refractivity contribution in [3.63, 3.8) is 0 Å². The summed E-state index contributed by atoms with van der Waals surface area (Å²) in [6.45, 7) is 4.63. The lowest BCUT2D eigenvalue weighted by atomic mass is 9.79. The van der Waals surface area contributed by atoms with E-state index < -0.39 is 5.97 Å². The maximum Gasteiger partial charge on any atom is 0.306 e.